The number of nitriles is 1. The van der Waals surface area contributed by atoms with E-state index in [9.17, 15) is 0 Å². The predicted molar refractivity (Wildman–Crippen MR) is 58.0 cm³/mol. The van der Waals surface area contributed by atoms with Gasteiger partial charge in [-0.2, -0.15) is 5.26 Å². The minimum Gasteiger partial charge on any atom is -0.306 e. The van der Waals surface area contributed by atoms with Crippen LogP contribution in [0.3, 0.4) is 0 Å². The summed E-state index contributed by atoms with van der Waals surface area (Å²) in [7, 11) is 4.33. The topological polar surface area (TPSA) is 30.3 Å². The first-order valence-corrected chi connectivity index (χ1v) is 5.42. The second-order valence-corrected chi connectivity index (χ2v) is 4.41. The monoisotopic (exact) mass is 195 g/mol. The van der Waals surface area contributed by atoms with Crippen LogP contribution in [0.2, 0.25) is 0 Å². The van der Waals surface area contributed by atoms with Crippen LogP contribution in [0, 0.1) is 11.3 Å². The van der Waals surface area contributed by atoms with Gasteiger partial charge in [-0.1, -0.05) is 0 Å². The molecule has 80 valence electrons. The van der Waals surface area contributed by atoms with E-state index < -0.39 is 0 Å². The van der Waals surface area contributed by atoms with Gasteiger partial charge in [0.25, 0.3) is 0 Å². The molecule has 0 aromatic rings. The van der Waals surface area contributed by atoms with Gasteiger partial charge in [0.15, 0.2) is 0 Å². The van der Waals surface area contributed by atoms with Gasteiger partial charge in [-0.05, 0) is 47.0 Å². The van der Waals surface area contributed by atoms with E-state index in [1.54, 1.807) is 0 Å². The fraction of sp³-hybridized carbons (Fsp3) is 0.909. The van der Waals surface area contributed by atoms with E-state index in [0.29, 0.717) is 18.5 Å². The molecule has 0 bridgehead atoms. The van der Waals surface area contributed by atoms with Crippen molar-refractivity contribution in [3.05, 3.63) is 0 Å². The molecular formula is C11H21N3. The van der Waals surface area contributed by atoms with Gasteiger partial charge in [-0.15, -0.1) is 0 Å². The van der Waals surface area contributed by atoms with Gasteiger partial charge in [-0.3, -0.25) is 4.90 Å². The Bertz CT molecular complexity index is 201. The van der Waals surface area contributed by atoms with Gasteiger partial charge in [0.05, 0.1) is 12.5 Å². The predicted octanol–water partition coefficient (Wildman–Crippen LogP) is 1.31. The molecule has 0 N–H and O–H groups in total. The van der Waals surface area contributed by atoms with Crippen LogP contribution in [0.5, 0.6) is 0 Å². The summed E-state index contributed by atoms with van der Waals surface area (Å²) in [5.74, 6) is 0. The van der Waals surface area contributed by atoms with Crippen LogP contribution < -0.4 is 0 Å². The minimum atomic E-state index is 0.397. The fourth-order valence-corrected chi connectivity index (χ4v) is 2.04. The maximum absolute atomic E-state index is 8.64. The molecule has 14 heavy (non-hydrogen) atoms. The first kappa shape index (κ1) is 11.5. The summed E-state index contributed by atoms with van der Waals surface area (Å²) in [4.78, 5) is 4.75. The van der Waals surface area contributed by atoms with E-state index in [0.717, 1.165) is 0 Å². The molecule has 1 aliphatic heterocycles. The zero-order valence-corrected chi connectivity index (χ0v) is 9.53. The maximum Gasteiger partial charge on any atom is 0.0638 e. The van der Waals surface area contributed by atoms with Crippen molar-refractivity contribution in [2.24, 2.45) is 0 Å². The zero-order valence-electron chi connectivity index (χ0n) is 9.53. The molecule has 0 aliphatic carbocycles. The van der Waals surface area contributed by atoms with Gasteiger partial charge in [0, 0.05) is 12.1 Å². The summed E-state index contributed by atoms with van der Waals surface area (Å²) in [6.45, 7) is 4.52. The number of piperidine rings is 1. The van der Waals surface area contributed by atoms with Crippen LogP contribution in [-0.2, 0) is 0 Å². The second kappa shape index (κ2) is 5.33. The van der Waals surface area contributed by atoms with Crippen molar-refractivity contribution in [2.75, 3.05) is 27.2 Å². The third-order valence-corrected chi connectivity index (χ3v) is 3.35. The Morgan fingerprint density at radius 1 is 1.50 bits per heavy atom. The summed E-state index contributed by atoms with van der Waals surface area (Å²) in [6, 6.07) is 3.32. The van der Waals surface area contributed by atoms with Crippen molar-refractivity contribution in [3.63, 3.8) is 0 Å². The highest BCUT2D eigenvalue weighted by Gasteiger charge is 2.23. The molecule has 0 spiro atoms. The lowest BCUT2D eigenvalue weighted by atomic mass is 10.0. The third kappa shape index (κ3) is 2.97. The molecule has 0 radical (unpaired) electrons. The summed E-state index contributed by atoms with van der Waals surface area (Å²) in [5.41, 5.74) is 0. The first-order chi connectivity index (χ1) is 6.65. The molecule has 1 aliphatic rings. The van der Waals surface area contributed by atoms with E-state index in [1.807, 2.05) is 0 Å². The molecule has 1 rings (SSSR count). The van der Waals surface area contributed by atoms with Crippen molar-refractivity contribution >= 4 is 0 Å². The molecule has 1 fully saturated rings. The Balaban J connectivity index is 2.37. The largest absolute Gasteiger partial charge is 0.306 e. The second-order valence-electron chi connectivity index (χ2n) is 4.41. The van der Waals surface area contributed by atoms with Gasteiger partial charge < -0.3 is 4.90 Å². The number of likely N-dealkylation sites (tertiary alicyclic amines) is 1. The smallest absolute Gasteiger partial charge is 0.0638 e. The fourth-order valence-electron chi connectivity index (χ4n) is 2.04. The Labute approximate surface area is 87.3 Å². The lowest BCUT2D eigenvalue weighted by Crippen LogP contribution is -2.45. The zero-order chi connectivity index (χ0) is 10.6. The summed E-state index contributed by atoms with van der Waals surface area (Å²) >= 11 is 0. The number of hydrogen-bond donors (Lipinski definition) is 0. The molecular weight excluding hydrogens is 174 g/mol. The van der Waals surface area contributed by atoms with E-state index in [-0.39, 0.29) is 0 Å². The van der Waals surface area contributed by atoms with Crippen molar-refractivity contribution in [3.8, 4) is 6.07 Å². The molecule has 0 saturated carbocycles. The molecule has 0 amide bonds. The summed E-state index contributed by atoms with van der Waals surface area (Å²) in [6.07, 6.45) is 3.12. The van der Waals surface area contributed by atoms with Crippen LogP contribution in [0.25, 0.3) is 0 Å². The number of nitrogens with zero attached hydrogens (tertiary/aromatic N) is 3. The highest BCUT2D eigenvalue weighted by Crippen LogP contribution is 2.17. The number of hydrogen-bond acceptors (Lipinski definition) is 3. The molecule has 1 saturated heterocycles. The third-order valence-electron chi connectivity index (χ3n) is 3.35. The molecule has 0 aromatic carbocycles. The van der Waals surface area contributed by atoms with Crippen LogP contribution in [0.1, 0.15) is 26.2 Å². The highest BCUT2D eigenvalue weighted by molar-refractivity contribution is 4.84. The normalized spacial score (nSPS) is 22.2. The quantitative estimate of drug-likeness (QED) is 0.680. The van der Waals surface area contributed by atoms with Crippen molar-refractivity contribution in [2.45, 2.75) is 38.3 Å². The Morgan fingerprint density at radius 2 is 2.07 bits per heavy atom. The van der Waals surface area contributed by atoms with Crippen LogP contribution in [0.4, 0.5) is 0 Å². The highest BCUT2D eigenvalue weighted by atomic mass is 15.2. The minimum absolute atomic E-state index is 0.397. The molecule has 0 aromatic heterocycles. The molecule has 1 atom stereocenters. The van der Waals surface area contributed by atoms with Crippen molar-refractivity contribution in [1.29, 1.82) is 5.26 Å². The van der Waals surface area contributed by atoms with E-state index in [1.165, 1.54) is 25.9 Å². The van der Waals surface area contributed by atoms with Gasteiger partial charge in [-0.25, -0.2) is 0 Å². The number of rotatable bonds is 3. The van der Waals surface area contributed by atoms with E-state index in [4.69, 9.17) is 5.26 Å². The van der Waals surface area contributed by atoms with Crippen LogP contribution in [-0.4, -0.2) is 49.1 Å². The van der Waals surface area contributed by atoms with Crippen molar-refractivity contribution < 1.29 is 0 Å². The lowest BCUT2D eigenvalue weighted by molar-refractivity contribution is 0.115. The Morgan fingerprint density at radius 3 is 2.57 bits per heavy atom. The Kier molecular flexibility index (Phi) is 4.37. The average Bonchev–Trinajstić information content (AvgIpc) is 2.18. The molecule has 1 unspecified atom stereocenters. The van der Waals surface area contributed by atoms with E-state index in [2.05, 4.69) is 36.9 Å². The van der Waals surface area contributed by atoms with Gasteiger partial charge >= 0.3 is 0 Å². The standard InChI is InChI=1S/C11H21N3/c1-10(4-7-12)14(3)11-5-8-13(2)9-6-11/h10-11H,4-6,8-9H2,1-3H3. The Hall–Kier alpha value is -0.590. The maximum atomic E-state index is 8.64. The average molecular weight is 195 g/mol. The van der Waals surface area contributed by atoms with Gasteiger partial charge in [0.1, 0.15) is 0 Å². The van der Waals surface area contributed by atoms with Gasteiger partial charge in [0.2, 0.25) is 0 Å². The molecule has 3 nitrogen and oxygen atoms in total. The summed E-state index contributed by atoms with van der Waals surface area (Å²) in [5, 5.41) is 8.64. The lowest BCUT2D eigenvalue weighted by Gasteiger charge is -2.37. The summed E-state index contributed by atoms with van der Waals surface area (Å²) < 4.78 is 0. The van der Waals surface area contributed by atoms with Crippen LogP contribution in [0.15, 0.2) is 0 Å². The van der Waals surface area contributed by atoms with Crippen LogP contribution >= 0.6 is 0 Å². The molecule has 1 heterocycles. The van der Waals surface area contributed by atoms with Crippen molar-refractivity contribution in [1.82, 2.24) is 9.80 Å². The first-order valence-electron chi connectivity index (χ1n) is 5.42. The van der Waals surface area contributed by atoms with E-state index >= 15 is 0 Å². The SMILES string of the molecule is CC(CC#N)N(C)C1CCN(C)CC1. The molecule has 3 heteroatoms.